The molecule has 0 bridgehead atoms. The van der Waals surface area contributed by atoms with Crippen LogP contribution in [0.4, 0.5) is 0 Å². The van der Waals surface area contributed by atoms with Gasteiger partial charge < -0.3 is 29.2 Å². The number of benzene rings is 3. The van der Waals surface area contributed by atoms with E-state index in [1.807, 2.05) is 31.2 Å². The van der Waals surface area contributed by atoms with E-state index in [2.05, 4.69) is 0 Å². The molecule has 0 aromatic heterocycles. The Labute approximate surface area is 219 Å². The third-order valence-corrected chi connectivity index (χ3v) is 6.80. The third kappa shape index (κ3) is 4.18. The number of hydrogen-bond donors (Lipinski definition) is 2. The van der Waals surface area contributed by atoms with E-state index < -0.39 is 23.1 Å². The fourth-order valence-electron chi connectivity index (χ4n) is 5.06. The number of aliphatic carboxylic acids is 1. The molecule has 3 aromatic carbocycles. The van der Waals surface area contributed by atoms with Gasteiger partial charge in [0.05, 0.1) is 13.5 Å². The Morgan fingerprint density at radius 3 is 2.42 bits per heavy atom. The summed E-state index contributed by atoms with van der Waals surface area (Å²) in [6, 6.07) is 21.1. The van der Waals surface area contributed by atoms with Crippen LogP contribution in [0.1, 0.15) is 27.8 Å². The maximum absolute atomic E-state index is 12.9. The maximum Gasteiger partial charge on any atom is 0.334 e. The van der Waals surface area contributed by atoms with Crippen LogP contribution >= 0.6 is 0 Å². The minimum Gasteiger partial charge on any atom is -0.497 e. The number of carbonyl (C=O) groups excluding carboxylic acids is 1. The highest BCUT2D eigenvalue weighted by molar-refractivity contribution is 5.89. The van der Waals surface area contributed by atoms with Gasteiger partial charge in [-0.2, -0.15) is 0 Å². The van der Waals surface area contributed by atoms with E-state index in [9.17, 15) is 19.8 Å². The molecular weight excluding hydrogens is 488 g/mol. The first-order valence-corrected chi connectivity index (χ1v) is 11.9. The Morgan fingerprint density at radius 1 is 1.05 bits per heavy atom. The topological polar surface area (TPSA) is 112 Å². The van der Waals surface area contributed by atoms with Crippen molar-refractivity contribution in [2.24, 2.45) is 0 Å². The molecule has 0 spiro atoms. The van der Waals surface area contributed by atoms with Gasteiger partial charge in [0.1, 0.15) is 17.4 Å². The van der Waals surface area contributed by atoms with E-state index in [0.717, 1.165) is 5.56 Å². The minimum absolute atomic E-state index is 0.0686. The Hall–Kier alpha value is -4.56. The summed E-state index contributed by atoms with van der Waals surface area (Å²) < 4.78 is 22.3. The van der Waals surface area contributed by atoms with Crippen molar-refractivity contribution in [3.63, 3.8) is 0 Å². The van der Waals surface area contributed by atoms with Crippen LogP contribution in [-0.2, 0) is 41.4 Å². The number of hydrogen-bond acceptors (Lipinski definition) is 7. The fraction of sp³-hybridized carbons (Fsp3) is 0.200. The lowest BCUT2D eigenvalue weighted by Gasteiger charge is -2.41. The van der Waals surface area contributed by atoms with Crippen LogP contribution in [0, 0.1) is 6.92 Å². The van der Waals surface area contributed by atoms with Gasteiger partial charge in [-0.1, -0.05) is 54.1 Å². The average Bonchev–Trinajstić information content (AvgIpc) is 3.55. The summed E-state index contributed by atoms with van der Waals surface area (Å²) in [6.45, 7) is 1.88. The largest absolute Gasteiger partial charge is 0.497 e. The fourth-order valence-corrected chi connectivity index (χ4v) is 5.06. The molecule has 8 nitrogen and oxygen atoms in total. The number of ether oxygens (including phenoxy) is 4. The lowest BCUT2D eigenvalue weighted by Crippen LogP contribution is -2.43. The van der Waals surface area contributed by atoms with E-state index >= 15 is 0 Å². The molecular formula is C30H26O8. The van der Waals surface area contributed by atoms with E-state index in [1.54, 1.807) is 48.5 Å². The van der Waals surface area contributed by atoms with Crippen molar-refractivity contribution in [3.8, 4) is 5.75 Å². The molecule has 2 N–H and O–H groups in total. The zero-order chi connectivity index (χ0) is 26.9. The molecule has 2 aliphatic heterocycles. The van der Waals surface area contributed by atoms with Crippen LogP contribution in [0.2, 0.25) is 0 Å². The number of aryl methyl sites for hydroxylation is 1. The molecule has 5 rings (SSSR count). The Balaban J connectivity index is 1.83. The third-order valence-electron chi connectivity index (χ3n) is 6.80. The van der Waals surface area contributed by atoms with E-state index in [-0.39, 0.29) is 18.8 Å². The second-order valence-electron chi connectivity index (χ2n) is 9.15. The normalized spacial score (nSPS) is 19.9. The van der Waals surface area contributed by atoms with Crippen molar-refractivity contribution in [2.45, 2.75) is 24.5 Å². The summed E-state index contributed by atoms with van der Waals surface area (Å²) in [5.74, 6) is -3.05. The number of esters is 1. The first kappa shape index (κ1) is 25.1. The van der Waals surface area contributed by atoms with Crippen LogP contribution in [-0.4, -0.2) is 36.1 Å². The second-order valence-corrected chi connectivity index (χ2v) is 9.15. The zero-order valence-corrected chi connectivity index (χ0v) is 20.8. The molecule has 38 heavy (non-hydrogen) atoms. The van der Waals surface area contributed by atoms with Gasteiger partial charge in [-0.05, 0) is 47.9 Å². The van der Waals surface area contributed by atoms with Crippen LogP contribution in [0.15, 0.2) is 96.5 Å². The maximum atomic E-state index is 12.9. The lowest BCUT2D eigenvalue weighted by molar-refractivity contribution is -0.187. The number of carboxylic acids is 1. The highest BCUT2D eigenvalue weighted by Crippen LogP contribution is 2.55. The van der Waals surface area contributed by atoms with Crippen molar-refractivity contribution >= 4 is 11.9 Å². The molecule has 0 saturated carbocycles. The predicted molar refractivity (Wildman–Crippen MR) is 136 cm³/mol. The average molecular weight is 515 g/mol. The molecule has 0 fully saturated rings. The van der Waals surface area contributed by atoms with Gasteiger partial charge in [0.15, 0.2) is 5.76 Å². The van der Waals surface area contributed by atoms with Crippen LogP contribution in [0.3, 0.4) is 0 Å². The van der Waals surface area contributed by atoms with Gasteiger partial charge in [0, 0.05) is 17.2 Å². The highest BCUT2D eigenvalue weighted by Gasteiger charge is 2.58. The molecule has 2 atom stereocenters. The molecule has 8 heteroatoms. The number of cyclic esters (lactones) is 1. The number of rotatable bonds is 8. The van der Waals surface area contributed by atoms with Crippen LogP contribution in [0.5, 0.6) is 5.75 Å². The Morgan fingerprint density at radius 2 is 1.79 bits per heavy atom. The number of carbonyl (C=O) groups is 2. The van der Waals surface area contributed by atoms with Gasteiger partial charge in [-0.15, -0.1) is 0 Å². The van der Waals surface area contributed by atoms with E-state index in [0.29, 0.717) is 33.8 Å². The van der Waals surface area contributed by atoms with Gasteiger partial charge in [0.25, 0.3) is 5.79 Å². The number of carboxylic acid groups (broad SMARTS) is 1. The smallest absolute Gasteiger partial charge is 0.334 e. The SMILES string of the molecule is COc1ccc(C2(O)OC(=O)C=C2C(C2=COCO2)(c2ccc(C)cc2)c2cccc(CC(=O)O)c2)cc1. The van der Waals surface area contributed by atoms with Crippen molar-refractivity contribution in [1.82, 2.24) is 0 Å². The minimum atomic E-state index is -2.19. The highest BCUT2D eigenvalue weighted by atomic mass is 16.7. The van der Waals surface area contributed by atoms with Crippen molar-refractivity contribution < 1.29 is 38.7 Å². The van der Waals surface area contributed by atoms with Gasteiger partial charge in [0.2, 0.25) is 6.79 Å². The summed E-state index contributed by atoms with van der Waals surface area (Å²) in [7, 11) is 1.53. The molecule has 0 amide bonds. The number of allylic oxidation sites excluding steroid dienone is 1. The summed E-state index contributed by atoms with van der Waals surface area (Å²) in [5.41, 5.74) is 1.81. The molecule has 0 aliphatic carbocycles. The first-order chi connectivity index (χ1) is 18.3. The van der Waals surface area contributed by atoms with E-state index in [4.69, 9.17) is 18.9 Å². The number of methoxy groups -OCH3 is 1. The first-order valence-electron chi connectivity index (χ1n) is 11.9. The summed E-state index contributed by atoms with van der Waals surface area (Å²) in [4.78, 5) is 24.5. The molecule has 0 radical (unpaired) electrons. The van der Waals surface area contributed by atoms with Gasteiger partial charge >= 0.3 is 11.9 Å². The number of aliphatic hydroxyl groups is 1. The van der Waals surface area contributed by atoms with Crippen molar-refractivity contribution in [2.75, 3.05) is 13.9 Å². The lowest BCUT2D eigenvalue weighted by atomic mass is 9.64. The van der Waals surface area contributed by atoms with Crippen LogP contribution < -0.4 is 4.74 Å². The Kier molecular flexibility index (Phi) is 6.42. The predicted octanol–water partition coefficient (Wildman–Crippen LogP) is 4.09. The Bertz CT molecular complexity index is 1440. The molecule has 194 valence electrons. The van der Waals surface area contributed by atoms with E-state index in [1.165, 1.54) is 19.4 Å². The second kappa shape index (κ2) is 9.72. The molecule has 2 aliphatic rings. The monoisotopic (exact) mass is 514 g/mol. The standard InChI is InChI=1S/C30H26O8/c1-19-6-8-21(9-7-19)29(26-17-36-18-37-26,23-5-3-4-20(14-23)15-27(31)32)25-16-28(33)38-30(25,34)22-10-12-24(35-2)13-11-22/h3-14,16-17,34H,15,18H2,1-2H3,(H,31,32). The van der Waals surface area contributed by atoms with Gasteiger partial charge in [-0.3, -0.25) is 4.79 Å². The van der Waals surface area contributed by atoms with Crippen molar-refractivity contribution in [1.29, 1.82) is 0 Å². The van der Waals surface area contributed by atoms with Crippen LogP contribution in [0.25, 0.3) is 0 Å². The van der Waals surface area contributed by atoms with Gasteiger partial charge in [-0.25, -0.2) is 4.79 Å². The summed E-state index contributed by atoms with van der Waals surface area (Å²) in [6.07, 6.45) is 2.49. The molecule has 2 heterocycles. The quantitative estimate of drug-likeness (QED) is 0.433. The van der Waals surface area contributed by atoms with Crippen molar-refractivity contribution in [3.05, 3.63) is 124 Å². The molecule has 3 aromatic rings. The summed E-state index contributed by atoms with van der Waals surface area (Å²) in [5, 5.41) is 21.6. The molecule has 0 saturated heterocycles. The summed E-state index contributed by atoms with van der Waals surface area (Å²) >= 11 is 0. The zero-order valence-electron chi connectivity index (χ0n) is 20.8. The molecule has 2 unspecified atom stereocenters.